The van der Waals surface area contributed by atoms with Crippen LogP contribution in [-0.2, 0) is 13.0 Å². The lowest BCUT2D eigenvalue weighted by Gasteiger charge is -2.28. The van der Waals surface area contributed by atoms with Gasteiger partial charge in [0, 0.05) is 32.2 Å². The van der Waals surface area contributed by atoms with Crippen molar-refractivity contribution in [1.29, 1.82) is 0 Å². The number of benzene rings is 1. The normalized spacial score (nSPS) is 19.4. The summed E-state index contributed by atoms with van der Waals surface area (Å²) in [4.78, 5) is 7.03. The highest BCUT2D eigenvalue weighted by Crippen LogP contribution is 2.18. The summed E-state index contributed by atoms with van der Waals surface area (Å²) in [6.07, 6.45) is 8.74. The molecule has 4 nitrogen and oxygen atoms in total. The van der Waals surface area contributed by atoms with Gasteiger partial charge in [-0.05, 0) is 36.8 Å². The van der Waals surface area contributed by atoms with Gasteiger partial charge < -0.3 is 11.1 Å². The zero-order chi connectivity index (χ0) is 15.9. The summed E-state index contributed by atoms with van der Waals surface area (Å²) >= 11 is 0. The molecule has 5 heteroatoms. The molecule has 1 aliphatic carbocycles. The number of nitrogens with zero attached hydrogens (tertiary/aromatic N) is 2. The molecule has 0 radical (unpaired) electrons. The minimum absolute atomic E-state index is 0. The fourth-order valence-corrected chi connectivity index (χ4v) is 3.74. The van der Waals surface area contributed by atoms with Gasteiger partial charge in [0.1, 0.15) is 0 Å². The van der Waals surface area contributed by atoms with Crippen molar-refractivity contribution < 1.29 is 0 Å². The fourth-order valence-electron chi connectivity index (χ4n) is 3.74. The number of rotatable bonds is 5. The highest BCUT2D eigenvalue weighted by molar-refractivity contribution is 14.0. The van der Waals surface area contributed by atoms with Crippen molar-refractivity contribution in [3.63, 3.8) is 0 Å². The number of hydrogen-bond acceptors (Lipinski definition) is 2. The summed E-state index contributed by atoms with van der Waals surface area (Å²) in [5, 5.41) is 3.38. The van der Waals surface area contributed by atoms with E-state index in [4.69, 9.17) is 5.73 Å². The Morgan fingerprint density at radius 2 is 1.92 bits per heavy atom. The summed E-state index contributed by atoms with van der Waals surface area (Å²) in [7, 11) is 0. The van der Waals surface area contributed by atoms with Gasteiger partial charge >= 0.3 is 0 Å². The third-order valence-electron chi connectivity index (χ3n) is 5.08. The fraction of sp³-hybridized carbons (Fsp3) is 0.632. The minimum Gasteiger partial charge on any atom is -0.370 e. The number of fused-ring (bicyclic) bond motifs is 1. The molecule has 3 N–H and O–H groups in total. The Morgan fingerprint density at radius 1 is 1.17 bits per heavy atom. The number of nitrogens with one attached hydrogen (secondary N) is 1. The Morgan fingerprint density at radius 3 is 2.71 bits per heavy atom. The zero-order valence-electron chi connectivity index (χ0n) is 14.5. The predicted octanol–water partition coefficient (Wildman–Crippen LogP) is 3.29. The maximum absolute atomic E-state index is 6.01. The molecular weight excluding hydrogens is 411 g/mol. The number of aliphatic imine (C=N–C) groups is 1. The SMILES string of the molecule is I.NC(=NCCCN1CCc2ccccc2C1)NC1CCCCC1. The number of guanidine groups is 1. The second-order valence-corrected chi connectivity index (χ2v) is 6.89. The Bertz CT molecular complexity index is 526. The predicted molar refractivity (Wildman–Crippen MR) is 112 cm³/mol. The summed E-state index contributed by atoms with van der Waals surface area (Å²) in [5.74, 6) is 0.640. The van der Waals surface area contributed by atoms with Crippen molar-refractivity contribution >= 4 is 29.9 Å². The molecule has 1 aliphatic heterocycles. The van der Waals surface area contributed by atoms with E-state index in [9.17, 15) is 0 Å². The van der Waals surface area contributed by atoms with Crippen LogP contribution in [0.1, 0.15) is 49.7 Å². The van der Waals surface area contributed by atoms with E-state index in [-0.39, 0.29) is 24.0 Å². The molecule has 1 heterocycles. The molecule has 0 atom stereocenters. The van der Waals surface area contributed by atoms with Crippen LogP contribution in [0.2, 0.25) is 0 Å². The standard InChI is InChI=1S/C19H30N4.HI/c20-19(22-18-9-2-1-3-10-18)21-12-6-13-23-14-11-16-7-4-5-8-17(16)15-23;/h4-5,7-8,18H,1-3,6,9-15H2,(H3,20,21,22);1H. The van der Waals surface area contributed by atoms with E-state index in [1.807, 2.05) is 0 Å². The molecule has 1 aromatic carbocycles. The summed E-state index contributed by atoms with van der Waals surface area (Å²) < 4.78 is 0. The average molecular weight is 442 g/mol. The van der Waals surface area contributed by atoms with Crippen molar-refractivity contribution in [1.82, 2.24) is 10.2 Å². The molecule has 0 unspecified atom stereocenters. The number of halogens is 1. The lowest BCUT2D eigenvalue weighted by atomic mass is 9.96. The van der Waals surface area contributed by atoms with Gasteiger partial charge in [0.15, 0.2) is 5.96 Å². The molecule has 0 amide bonds. The first-order chi connectivity index (χ1) is 11.3. The van der Waals surface area contributed by atoms with Crippen molar-refractivity contribution in [2.45, 2.75) is 57.5 Å². The maximum Gasteiger partial charge on any atom is 0.188 e. The molecule has 0 bridgehead atoms. The van der Waals surface area contributed by atoms with Gasteiger partial charge in [-0.3, -0.25) is 9.89 Å². The van der Waals surface area contributed by atoms with Gasteiger partial charge in [0.25, 0.3) is 0 Å². The molecule has 3 rings (SSSR count). The lowest BCUT2D eigenvalue weighted by Crippen LogP contribution is -2.41. The second-order valence-electron chi connectivity index (χ2n) is 6.89. The smallest absolute Gasteiger partial charge is 0.188 e. The Hall–Kier alpha value is -0.820. The van der Waals surface area contributed by atoms with E-state index < -0.39 is 0 Å². The monoisotopic (exact) mass is 442 g/mol. The van der Waals surface area contributed by atoms with Crippen LogP contribution in [0, 0.1) is 0 Å². The molecule has 0 aromatic heterocycles. The van der Waals surface area contributed by atoms with Gasteiger partial charge in [0.2, 0.25) is 0 Å². The van der Waals surface area contributed by atoms with Crippen LogP contribution in [0.25, 0.3) is 0 Å². The Balaban J connectivity index is 0.00000208. The van der Waals surface area contributed by atoms with E-state index in [0.29, 0.717) is 12.0 Å². The second kappa shape index (κ2) is 10.2. The van der Waals surface area contributed by atoms with Crippen molar-refractivity contribution in [2.24, 2.45) is 10.7 Å². The van der Waals surface area contributed by atoms with Crippen LogP contribution >= 0.6 is 24.0 Å². The molecule has 0 saturated heterocycles. The maximum atomic E-state index is 6.01. The van der Waals surface area contributed by atoms with Crippen molar-refractivity contribution in [2.75, 3.05) is 19.6 Å². The topological polar surface area (TPSA) is 53.6 Å². The largest absolute Gasteiger partial charge is 0.370 e. The van der Waals surface area contributed by atoms with Gasteiger partial charge in [-0.15, -0.1) is 24.0 Å². The number of nitrogens with two attached hydrogens (primary N) is 1. The van der Waals surface area contributed by atoms with Crippen molar-refractivity contribution in [3.05, 3.63) is 35.4 Å². The first-order valence-corrected chi connectivity index (χ1v) is 9.17. The third kappa shape index (κ3) is 5.92. The average Bonchev–Trinajstić information content (AvgIpc) is 2.59. The third-order valence-corrected chi connectivity index (χ3v) is 5.08. The first kappa shape index (κ1) is 19.5. The molecule has 1 fully saturated rings. The van der Waals surface area contributed by atoms with Crippen LogP contribution in [0.15, 0.2) is 29.3 Å². The quantitative estimate of drug-likeness (QED) is 0.319. The molecule has 2 aliphatic rings. The van der Waals surface area contributed by atoms with E-state index in [1.54, 1.807) is 0 Å². The minimum atomic E-state index is 0. The molecule has 1 aromatic rings. The van der Waals surface area contributed by atoms with Crippen molar-refractivity contribution in [3.8, 4) is 0 Å². The summed E-state index contributed by atoms with van der Waals surface area (Å²) in [6.45, 7) is 4.17. The first-order valence-electron chi connectivity index (χ1n) is 9.17. The van der Waals surface area contributed by atoms with E-state index in [2.05, 4.69) is 39.5 Å². The molecule has 0 spiro atoms. The van der Waals surface area contributed by atoms with Gasteiger partial charge in [-0.2, -0.15) is 0 Å². The van der Waals surface area contributed by atoms with Crippen LogP contribution in [0.4, 0.5) is 0 Å². The molecule has 134 valence electrons. The highest BCUT2D eigenvalue weighted by Gasteiger charge is 2.15. The van der Waals surface area contributed by atoms with Crippen LogP contribution in [-0.4, -0.2) is 36.5 Å². The van der Waals surface area contributed by atoms with E-state index in [0.717, 1.165) is 32.6 Å². The van der Waals surface area contributed by atoms with Crippen LogP contribution in [0.5, 0.6) is 0 Å². The van der Waals surface area contributed by atoms with Crippen LogP contribution in [0.3, 0.4) is 0 Å². The zero-order valence-corrected chi connectivity index (χ0v) is 16.9. The van der Waals surface area contributed by atoms with Gasteiger partial charge in [-0.1, -0.05) is 43.5 Å². The van der Waals surface area contributed by atoms with E-state index in [1.165, 1.54) is 49.7 Å². The summed E-state index contributed by atoms with van der Waals surface area (Å²) in [6, 6.07) is 9.35. The Kier molecular flexibility index (Phi) is 8.32. The lowest BCUT2D eigenvalue weighted by molar-refractivity contribution is 0.252. The number of hydrogen-bond donors (Lipinski definition) is 2. The summed E-state index contributed by atoms with van der Waals surface area (Å²) in [5.41, 5.74) is 9.02. The van der Waals surface area contributed by atoms with E-state index >= 15 is 0 Å². The highest BCUT2D eigenvalue weighted by atomic mass is 127. The molecule has 1 saturated carbocycles. The molecular formula is C19H31IN4. The van der Waals surface area contributed by atoms with Gasteiger partial charge in [-0.25, -0.2) is 0 Å². The Labute approximate surface area is 163 Å². The van der Waals surface area contributed by atoms with Crippen LogP contribution < -0.4 is 11.1 Å². The molecule has 24 heavy (non-hydrogen) atoms. The van der Waals surface area contributed by atoms with Gasteiger partial charge in [0.05, 0.1) is 0 Å².